The van der Waals surface area contributed by atoms with Gasteiger partial charge in [-0.3, -0.25) is 13.5 Å². The van der Waals surface area contributed by atoms with Gasteiger partial charge in [0.25, 0.3) is 0 Å². The van der Waals surface area contributed by atoms with Gasteiger partial charge < -0.3 is 10.1 Å². The first kappa shape index (κ1) is 21.6. The molecule has 3 aromatic rings. The van der Waals surface area contributed by atoms with Crippen molar-refractivity contribution in [2.75, 3.05) is 37.0 Å². The van der Waals surface area contributed by atoms with E-state index in [1.54, 1.807) is 23.7 Å². The van der Waals surface area contributed by atoms with E-state index in [4.69, 9.17) is 0 Å². The number of halogens is 1. The highest BCUT2D eigenvalue weighted by molar-refractivity contribution is 7.85. The molecule has 1 aliphatic carbocycles. The minimum Gasteiger partial charge on any atom is -0.372 e. The van der Waals surface area contributed by atoms with Crippen LogP contribution in [0, 0.1) is 11.7 Å². The predicted octanol–water partition coefficient (Wildman–Crippen LogP) is 3.34. The molecule has 0 radical (unpaired) electrons. The maximum absolute atomic E-state index is 14.5. The summed E-state index contributed by atoms with van der Waals surface area (Å²) in [6, 6.07) is 11.1. The Morgan fingerprint density at radius 2 is 1.87 bits per heavy atom. The number of carbonyl (C=O) groups excluding carboxylic acids is 1. The minimum absolute atomic E-state index is 0.274. The highest BCUT2D eigenvalue weighted by atomic mass is 32.2. The number of fused-ring (bicyclic) bond motifs is 1. The van der Waals surface area contributed by atoms with Gasteiger partial charge in [0.1, 0.15) is 23.6 Å². The zero-order valence-electron chi connectivity index (χ0n) is 17.6. The first-order valence-corrected chi connectivity index (χ1v) is 12.0. The molecule has 0 bridgehead atoms. The van der Waals surface area contributed by atoms with Gasteiger partial charge in [0.15, 0.2) is 0 Å². The molecule has 164 valence electrons. The third-order valence-corrected chi connectivity index (χ3v) is 6.83. The fraction of sp³-hybridized carbons (Fsp3) is 0.391. The summed E-state index contributed by atoms with van der Waals surface area (Å²) < 4.78 is 27.8. The summed E-state index contributed by atoms with van der Waals surface area (Å²) in [5.74, 6) is 2.38. The molecule has 2 fully saturated rings. The number of hydrogen-bond donors (Lipinski definition) is 1. The summed E-state index contributed by atoms with van der Waals surface area (Å²) >= 11 is 0. The molecule has 2 aliphatic rings. The van der Waals surface area contributed by atoms with Gasteiger partial charge in [0.05, 0.1) is 11.9 Å². The standard InChI is InChI=1S/C19H21FN4OS.C4H6O/c1-21-17-13-24-18(22-17)7-6-16(20)19(24)15-4-2-14(3-5-15)12-23-8-10-26(25)11-9-23;5-3-4-1-2-4/h2-7,13,21H,8-12H2,1H3;3-4H,1-2H2. The minimum atomic E-state index is -0.660. The Morgan fingerprint density at radius 3 is 2.45 bits per heavy atom. The lowest BCUT2D eigenvalue weighted by Crippen LogP contribution is -2.37. The molecule has 1 saturated carbocycles. The van der Waals surface area contributed by atoms with Crippen molar-refractivity contribution in [1.29, 1.82) is 0 Å². The largest absolute Gasteiger partial charge is 0.372 e. The van der Waals surface area contributed by atoms with Gasteiger partial charge in [-0.1, -0.05) is 24.3 Å². The van der Waals surface area contributed by atoms with Crippen molar-refractivity contribution < 1.29 is 13.4 Å². The van der Waals surface area contributed by atoms with Crippen molar-refractivity contribution in [3.8, 4) is 11.3 Å². The van der Waals surface area contributed by atoms with Gasteiger partial charge in [-0.2, -0.15) is 0 Å². The Bertz CT molecular complexity index is 1070. The second kappa shape index (κ2) is 9.70. The fourth-order valence-corrected chi connectivity index (χ4v) is 4.65. The SMILES string of the molecule is CNc1cn2c(-c3ccc(CN4CCS(=O)CC4)cc3)c(F)ccc2n1.O=CC1CC1. The molecule has 0 amide bonds. The fourth-order valence-electron chi connectivity index (χ4n) is 3.52. The molecule has 1 N–H and O–H groups in total. The Hall–Kier alpha value is -2.58. The number of nitrogens with zero attached hydrogens (tertiary/aromatic N) is 3. The molecule has 2 aromatic heterocycles. The van der Waals surface area contributed by atoms with Crippen molar-refractivity contribution in [3.63, 3.8) is 0 Å². The van der Waals surface area contributed by atoms with Gasteiger partial charge in [0.2, 0.25) is 0 Å². The number of rotatable bonds is 5. The van der Waals surface area contributed by atoms with E-state index in [-0.39, 0.29) is 5.82 Å². The van der Waals surface area contributed by atoms with E-state index in [0.717, 1.165) is 55.8 Å². The lowest BCUT2D eigenvalue weighted by atomic mass is 10.1. The van der Waals surface area contributed by atoms with E-state index in [1.165, 1.54) is 11.6 Å². The number of pyridine rings is 1. The Labute approximate surface area is 183 Å². The van der Waals surface area contributed by atoms with Crippen LogP contribution < -0.4 is 5.32 Å². The van der Waals surface area contributed by atoms with Crippen molar-refractivity contribution in [1.82, 2.24) is 14.3 Å². The van der Waals surface area contributed by atoms with Gasteiger partial charge in [-0.05, 0) is 30.5 Å². The number of hydrogen-bond acceptors (Lipinski definition) is 5. The number of benzene rings is 1. The van der Waals surface area contributed by atoms with Crippen LogP contribution in [-0.2, 0) is 22.1 Å². The average Bonchev–Trinajstić information content (AvgIpc) is 3.54. The zero-order chi connectivity index (χ0) is 21.8. The third kappa shape index (κ3) is 5.37. The summed E-state index contributed by atoms with van der Waals surface area (Å²) in [5, 5.41) is 2.99. The Kier molecular flexibility index (Phi) is 6.77. The van der Waals surface area contributed by atoms with Crippen LogP contribution in [0.5, 0.6) is 0 Å². The molecule has 1 aliphatic heterocycles. The smallest absolute Gasteiger partial charge is 0.147 e. The van der Waals surface area contributed by atoms with Gasteiger partial charge in [-0.25, -0.2) is 9.37 Å². The molecule has 0 atom stereocenters. The number of carbonyl (C=O) groups is 1. The van der Waals surface area contributed by atoms with Crippen LogP contribution in [0.1, 0.15) is 18.4 Å². The summed E-state index contributed by atoms with van der Waals surface area (Å²) in [4.78, 5) is 16.3. The molecule has 0 unspecified atom stereocenters. The Morgan fingerprint density at radius 1 is 1.16 bits per heavy atom. The molecule has 8 heteroatoms. The molecule has 5 rings (SSSR count). The third-order valence-electron chi connectivity index (χ3n) is 5.55. The molecule has 1 aromatic carbocycles. The number of aldehydes is 1. The molecular weight excluding hydrogens is 415 g/mol. The van der Waals surface area contributed by atoms with Crippen LogP contribution in [0.4, 0.5) is 10.2 Å². The van der Waals surface area contributed by atoms with Gasteiger partial charge in [0, 0.05) is 60.5 Å². The van der Waals surface area contributed by atoms with E-state index in [9.17, 15) is 13.4 Å². The Balaban J connectivity index is 0.000000407. The monoisotopic (exact) mass is 442 g/mol. The maximum Gasteiger partial charge on any atom is 0.147 e. The molecule has 1 saturated heterocycles. The molecule has 31 heavy (non-hydrogen) atoms. The normalized spacial score (nSPS) is 17.2. The van der Waals surface area contributed by atoms with Crippen LogP contribution >= 0.6 is 0 Å². The first-order chi connectivity index (χ1) is 15.1. The zero-order valence-corrected chi connectivity index (χ0v) is 18.4. The van der Waals surface area contributed by atoms with Gasteiger partial charge >= 0.3 is 0 Å². The molecular formula is C23H27FN4O2S. The van der Waals surface area contributed by atoms with E-state index in [1.807, 2.05) is 24.3 Å². The lowest BCUT2D eigenvalue weighted by molar-refractivity contribution is -0.108. The van der Waals surface area contributed by atoms with Crippen molar-refractivity contribution in [2.24, 2.45) is 5.92 Å². The lowest BCUT2D eigenvalue weighted by Gasteiger charge is -2.26. The molecule has 6 nitrogen and oxygen atoms in total. The second-order valence-electron chi connectivity index (χ2n) is 7.93. The van der Waals surface area contributed by atoms with E-state index >= 15 is 0 Å². The first-order valence-electron chi connectivity index (χ1n) is 10.5. The van der Waals surface area contributed by atoms with E-state index < -0.39 is 10.8 Å². The van der Waals surface area contributed by atoms with Crippen LogP contribution in [-0.4, -0.2) is 56.4 Å². The topological polar surface area (TPSA) is 66.7 Å². The van der Waals surface area contributed by atoms with Gasteiger partial charge in [-0.15, -0.1) is 0 Å². The highest BCUT2D eigenvalue weighted by Gasteiger charge is 2.19. The van der Waals surface area contributed by atoms with Crippen LogP contribution in [0.2, 0.25) is 0 Å². The number of aromatic nitrogens is 2. The average molecular weight is 443 g/mol. The van der Waals surface area contributed by atoms with Crippen molar-refractivity contribution in [3.05, 3.63) is 54.0 Å². The van der Waals surface area contributed by atoms with Crippen molar-refractivity contribution >= 4 is 28.6 Å². The van der Waals surface area contributed by atoms with Crippen LogP contribution in [0.3, 0.4) is 0 Å². The van der Waals surface area contributed by atoms with Crippen LogP contribution in [0.25, 0.3) is 16.9 Å². The summed E-state index contributed by atoms with van der Waals surface area (Å²) in [7, 11) is 1.13. The second-order valence-corrected chi connectivity index (χ2v) is 9.63. The summed E-state index contributed by atoms with van der Waals surface area (Å²) in [6.45, 7) is 2.56. The quantitative estimate of drug-likeness (QED) is 0.614. The molecule has 3 heterocycles. The maximum atomic E-state index is 14.5. The van der Waals surface area contributed by atoms with Crippen LogP contribution in [0.15, 0.2) is 42.6 Å². The molecule has 0 spiro atoms. The number of nitrogens with one attached hydrogen (secondary N) is 1. The summed E-state index contributed by atoms with van der Waals surface area (Å²) in [6.07, 6.45) is 5.11. The predicted molar refractivity (Wildman–Crippen MR) is 122 cm³/mol. The van der Waals surface area contributed by atoms with E-state index in [2.05, 4.69) is 15.2 Å². The van der Waals surface area contributed by atoms with Crippen molar-refractivity contribution in [2.45, 2.75) is 19.4 Å². The highest BCUT2D eigenvalue weighted by Crippen LogP contribution is 2.26. The van der Waals surface area contributed by atoms with E-state index in [0.29, 0.717) is 23.1 Å². The summed E-state index contributed by atoms with van der Waals surface area (Å²) in [5.41, 5.74) is 3.21. The number of anilines is 1. The number of imidazole rings is 1.